The number of alkyl halides is 3. The van der Waals surface area contributed by atoms with E-state index < -0.39 is 40.8 Å². The summed E-state index contributed by atoms with van der Waals surface area (Å²) in [5, 5.41) is 3.29. The molecule has 1 saturated heterocycles. The number of nitrogens with two attached hydrogens (primary N) is 1. The highest BCUT2D eigenvalue weighted by Gasteiger charge is 2.40. The van der Waals surface area contributed by atoms with Gasteiger partial charge in [-0.3, -0.25) is 4.98 Å². The fourth-order valence-electron chi connectivity index (χ4n) is 4.98. The summed E-state index contributed by atoms with van der Waals surface area (Å²) in [4.78, 5) is 28.1. The molecule has 0 bridgehead atoms. The highest BCUT2D eigenvalue weighted by molar-refractivity contribution is 5.91. The van der Waals surface area contributed by atoms with Gasteiger partial charge in [-0.25, -0.2) is 23.1 Å². The van der Waals surface area contributed by atoms with Gasteiger partial charge < -0.3 is 16.0 Å². The zero-order chi connectivity index (χ0) is 28.9. The molecule has 0 aliphatic carbocycles. The van der Waals surface area contributed by atoms with E-state index >= 15 is 4.39 Å². The van der Waals surface area contributed by atoms with E-state index in [0.29, 0.717) is 19.6 Å². The zero-order valence-corrected chi connectivity index (χ0v) is 21.9. The Morgan fingerprint density at radius 2 is 1.90 bits per heavy atom. The van der Waals surface area contributed by atoms with E-state index in [1.54, 1.807) is 4.90 Å². The zero-order valence-electron chi connectivity index (χ0n) is 21.9. The van der Waals surface area contributed by atoms with E-state index in [2.05, 4.69) is 20.3 Å². The van der Waals surface area contributed by atoms with E-state index in [1.807, 2.05) is 6.92 Å². The first kappa shape index (κ1) is 27.4. The highest BCUT2D eigenvalue weighted by Crippen LogP contribution is 2.39. The van der Waals surface area contributed by atoms with Crippen molar-refractivity contribution in [1.82, 2.24) is 24.8 Å². The van der Waals surface area contributed by atoms with Crippen LogP contribution in [-0.4, -0.2) is 51.4 Å². The molecule has 0 amide bonds. The van der Waals surface area contributed by atoms with Gasteiger partial charge >= 0.3 is 11.9 Å². The number of halogens is 5. The molecule has 8 nitrogen and oxygen atoms in total. The average Bonchev–Trinajstić information content (AvgIpc) is 2.88. The average molecular weight is 560 g/mol. The Morgan fingerprint density at radius 3 is 2.58 bits per heavy atom. The van der Waals surface area contributed by atoms with Crippen LogP contribution in [0.3, 0.4) is 0 Å². The number of nitrogen functional groups attached to an aromatic ring is 1. The molecular weight excluding hydrogens is 533 g/mol. The second-order valence-electron chi connectivity index (χ2n) is 9.82. The van der Waals surface area contributed by atoms with Gasteiger partial charge in [-0.05, 0) is 50.6 Å². The molecule has 4 aromatic rings. The molecule has 4 heterocycles. The fourth-order valence-corrected chi connectivity index (χ4v) is 4.98. The third-order valence-electron chi connectivity index (χ3n) is 7.14. The number of fused-ring (bicyclic) bond motifs is 1. The Labute approximate surface area is 225 Å². The number of nitrogens with one attached hydrogen (secondary N) is 1. The molecule has 1 aliphatic heterocycles. The minimum Gasteiger partial charge on any atom is -0.398 e. The first-order valence-electron chi connectivity index (χ1n) is 12.6. The van der Waals surface area contributed by atoms with Crippen LogP contribution in [0.5, 0.6) is 0 Å². The van der Waals surface area contributed by atoms with Crippen molar-refractivity contribution in [3.63, 3.8) is 0 Å². The van der Waals surface area contributed by atoms with Crippen LogP contribution in [0.2, 0.25) is 0 Å². The number of aryl methyl sites for hydroxylation is 1. The number of piperazine rings is 1. The number of hydrogen-bond acceptors (Lipinski definition) is 7. The van der Waals surface area contributed by atoms with E-state index in [4.69, 9.17) is 5.73 Å². The van der Waals surface area contributed by atoms with Crippen LogP contribution in [0.15, 0.2) is 41.3 Å². The summed E-state index contributed by atoms with van der Waals surface area (Å²) in [7, 11) is 0. The van der Waals surface area contributed by atoms with Gasteiger partial charge in [0.2, 0.25) is 0 Å². The van der Waals surface area contributed by atoms with Crippen LogP contribution in [-0.2, 0) is 0 Å². The third-order valence-corrected chi connectivity index (χ3v) is 7.14. The van der Waals surface area contributed by atoms with Gasteiger partial charge in [0.05, 0.1) is 28.2 Å². The standard InChI is InChI=1S/C27H26F5N7O/c1-13-7-8-35-21(15(3)27(30,31)32)23(13)39-25-16(24(37-26(39)40)38-10-9-34-12-14(38)2)11-18(29)22(36-25)20-17(28)5-4-6-19(20)33/h4-8,11,14-15,34H,9-10,12,33H2,1-3H3/t14-,15-/m0/s1. The van der Waals surface area contributed by atoms with Crippen molar-refractivity contribution in [2.24, 2.45) is 0 Å². The van der Waals surface area contributed by atoms with Crippen LogP contribution in [0.25, 0.3) is 28.0 Å². The Hall–Kier alpha value is -4.13. The van der Waals surface area contributed by atoms with Crippen LogP contribution in [0.4, 0.5) is 33.5 Å². The number of aromatic nitrogens is 4. The maximum absolute atomic E-state index is 15.7. The van der Waals surface area contributed by atoms with Gasteiger partial charge in [-0.15, -0.1) is 0 Å². The summed E-state index contributed by atoms with van der Waals surface area (Å²) in [5.74, 6) is -3.73. The van der Waals surface area contributed by atoms with Gasteiger partial charge in [0.15, 0.2) is 11.5 Å². The molecule has 13 heteroatoms. The van der Waals surface area contributed by atoms with Crippen molar-refractivity contribution in [3.8, 4) is 16.9 Å². The summed E-state index contributed by atoms with van der Waals surface area (Å²) in [6, 6.07) is 6.16. The SMILES string of the molecule is Cc1ccnc([C@H](C)C(F)(F)F)c1-n1c(=O)nc(N2CCNC[C@@H]2C)c2cc(F)c(-c3c(N)cccc3F)nc21. The Balaban J connectivity index is 1.92. The van der Waals surface area contributed by atoms with E-state index in [0.717, 1.165) is 23.6 Å². The minimum absolute atomic E-state index is 0.0679. The summed E-state index contributed by atoms with van der Waals surface area (Å²) < 4.78 is 73.1. The Kier molecular flexibility index (Phi) is 6.94. The van der Waals surface area contributed by atoms with Gasteiger partial charge in [-0.2, -0.15) is 18.2 Å². The quantitative estimate of drug-likeness (QED) is 0.281. The van der Waals surface area contributed by atoms with E-state index in [1.165, 1.54) is 31.3 Å². The van der Waals surface area contributed by atoms with Crippen molar-refractivity contribution in [2.75, 3.05) is 30.3 Å². The predicted octanol–water partition coefficient (Wildman–Crippen LogP) is 4.48. The van der Waals surface area contributed by atoms with E-state index in [9.17, 15) is 22.4 Å². The number of hydrogen-bond donors (Lipinski definition) is 2. The molecule has 0 spiro atoms. The van der Waals surface area contributed by atoms with Gasteiger partial charge in [0.1, 0.15) is 17.3 Å². The maximum atomic E-state index is 15.7. The summed E-state index contributed by atoms with van der Waals surface area (Å²) in [6.07, 6.45) is -3.46. The normalized spacial score (nSPS) is 16.9. The molecule has 1 aromatic carbocycles. The topological polar surface area (TPSA) is 102 Å². The van der Waals surface area contributed by atoms with E-state index in [-0.39, 0.29) is 45.4 Å². The number of anilines is 2. The molecule has 3 N–H and O–H groups in total. The van der Waals surface area contributed by atoms with Crippen LogP contribution < -0.4 is 21.6 Å². The lowest BCUT2D eigenvalue weighted by atomic mass is 10.0. The molecule has 0 radical (unpaired) electrons. The minimum atomic E-state index is -4.68. The maximum Gasteiger partial charge on any atom is 0.397 e. The molecule has 3 aromatic heterocycles. The summed E-state index contributed by atoms with van der Waals surface area (Å²) in [6.45, 7) is 5.89. The number of nitrogens with zero attached hydrogens (tertiary/aromatic N) is 5. The number of rotatable bonds is 4. The monoisotopic (exact) mass is 559 g/mol. The van der Waals surface area contributed by atoms with Crippen molar-refractivity contribution < 1.29 is 22.0 Å². The lowest BCUT2D eigenvalue weighted by molar-refractivity contribution is -0.147. The molecule has 40 heavy (non-hydrogen) atoms. The van der Waals surface area contributed by atoms with Crippen LogP contribution in [0.1, 0.15) is 31.0 Å². The lowest BCUT2D eigenvalue weighted by Gasteiger charge is -2.35. The molecule has 1 aliphatic rings. The molecule has 1 fully saturated rings. The predicted molar refractivity (Wildman–Crippen MR) is 142 cm³/mol. The molecule has 0 unspecified atom stereocenters. The lowest BCUT2D eigenvalue weighted by Crippen LogP contribution is -2.50. The second-order valence-corrected chi connectivity index (χ2v) is 9.82. The first-order valence-corrected chi connectivity index (χ1v) is 12.6. The van der Waals surface area contributed by atoms with Crippen molar-refractivity contribution in [3.05, 3.63) is 69.9 Å². The molecular formula is C27H26F5N7O. The Bertz CT molecular complexity index is 1650. The smallest absolute Gasteiger partial charge is 0.397 e. The largest absolute Gasteiger partial charge is 0.398 e. The molecule has 0 saturated carbocycles. The molecule has 210 valence electrons. The second kappa shape index (κ2) is 10.1. The van der Waals surface area contributed by atoms with Crippen molar-refractivity contribution in [1.29, 1.82) is 0 Å². The van der Waals surface area contributed by atoms with Crippen LogP contribution in [0, 0.1) is 18.6 Å². The highest BCUT2D eigenvalue weighted by atomic mass is 19.4. The van der Waals surface area contributed by atoms with Gasteiger partial charge in [0.25, 0.3) is 0 Å². The van der Waals surface area contributed by atoms with Crippen molar-refractivity contribution >= 4 is 22.5 Å². The Morgan fingerprint density at radius 1 is 1.15 bits per heavy atom. The summed E-state index contributed by atoms with van der Waals surface area (Å²) >= 11 is 0. The number of pyridine rings is 2. The van der Waals surface area contributed by atoms with Crippen LogP contribution >= 0.6 is 0 Å². The third kappa shape index (κ3) is 4.63. The van der Waals surface area contributed by atoms with Gasteiger partial charge in [-0.1, -0.05) is 6.07 Å². The summed E-state index contributed by atoms with van der Waals surface area (Å²) in [5.41, 5.74) is 3.58. The van der Waals surface area contributed by atoms with Crippen molar-refractivity contribution in [2.45, 2.75) is 38.9 Å². The fraction of sp³-hybridized carbons (Fsp3) is 0.333. The number of benzene rings is 1. The molecule has 5 rings (SSSR count). The van der Waals surface area contributed by atoms with Gasteiger partial charge in [0, 0.05) is 37.6 Å². The first-order chi connectivity index (χ1) is 18.9. The molecule has 2 atom stereocenters.